The lowest BCUT2D eigenvalue weighted by molar-refractivity contribution is -0.134. The van der Waals surface area contributed by atoms with E-state index in [1.165, 1.54) is 0 Å². The molecule has 0 aliphatic carbocycles. The Morgan fingerprint density at radius 1 is 1.38 bits per heavy atom. The Kier molecular flexibility index (Phi) is 3.01. The lowest BCUT2D eigenvalue weighted by atomic mass is 10.1. The van der Waals surface area contributed by atoms with Gasteiger partial charge in [-0.1, -0.05) is 13.8 Å². The molecule has 1 rings (SSSR count). The van der Waals surface area contributed by atoms with Gasteiger partial charge in [0.2, 0.25) is 0 Å². The summed E-state index contributed by atoms with van der Waals surface area (Å²) >= 11 is 0.847. The average molecular weight is 208 g/mol. The molecule has 1 heterocycles. The zero-order valence-electron chi connectivity index (χ0n) is 7.48. The van der Waals surface area contributed by atoms with Crippen LogP contribution in [0.5, 0.6) is 0 Å². The van der Waals surface area contributed by atoms with Crippen LogP contribution < -0.4 is 0 Å². The monoisotopic (exact) mass is 208 g/mol. The van der Waals surface area contributed by atoms with E-state index in [1.54, 1.807) is 6.07 Å². The van der Waals surface area contributed by atoms with Gasteiger partial charge in [-0.2, -0.15) is 13.2 Å². The smallest absolute Gasteiger partial charge is 0.165 e. The van der Waals surface area contributed by atoms with Gasteiger partial charge in [0.25, 0.3) is 0 Å². The molecule has 1 aromatic heterocycles. The molecule has 0 bridgehead atoms. The Balaban J connectivity index is 2.87. The van der Waals surface area contributed by atoms with E-state index in [4.69, 9.17) is 0 Å². The summed E-state index contributed by atoms with van der Waals surface area (Å²) in [4.78, 5) is 0.317. The minimum atomic E-state index is -4.18. The van der Waals surface area contributed by atoms with Gasteiger partial charge in [-0.25, -0.2) is 0 Å². The van der Waals surface area contributed by atoms with Gasteiger partial charge < -0.3 is 0 Å². The fourth-order valence-corrected chi connectivity index (χ4v) is 1.98. The molecule has 0 nitrogen and oxygen atoms in total. The van der Waals surface area contributed by atoms with Crippen LogP contribution in [0.2, 0.25) is 0 Å². The maximum Gasteiger partial charge on any atom is 0.425 e. The molecule has 0 aliphatic heterocycles. The highest BCUT2D eigenvalue weighted by atomic mass is 32.1. The van der Waals surface area contributed by atoms with Crippen molar-refractivity contribution < 1.29 is 13.2 Å². The van der Waals surface area contributed by atoms with Gasteiger partial charge in [0.15, 0.2) is 0 Å². The Labute approximate surface area is 79.4 Å². The molecule has 0 aliphatic rings. The second kappa shape index (κ2) is 3.70. The fraction of sp³-hybridized carbons (Fsp3) is 0.556. The van der Waals surface area contributed by atoms with E-state index in [9.17, 15) is 13.2 Å². The first kappa shape index (κ1) is 10.6. The number of halogens is 3. The Hall–Kier alpha value is -0.510. The number of rotatable bonds is 2. The summed E-state index contributed by atoms with van der Waals surface area (Å²) in [5, 5.41) is 0. The van der Waals surface area contributed by atoms with E-state index in [0.717, 1.165) is 28.7 Å². The molecular formula is C9H11F3S. The summed E-state index contributed by atoms with van der Waals surface area (Å²) in [6, 6.07) is 2.73. The molecule has 0 saturated carbocycles. The van der Waals surface area contributed by atoms with Gasteiger partial charge in [-0.05, 0) is 24.5 Å². The maximum absolute atomic E-state index is 12.2. The molecule has 1 aromatic rings. The van der Waals surface area contributed by atoms with Crippen LogP contribution >= 0.6 is 11.3 Å². The van der Waals surface area contributed by atoms with Gasteiger partial charge in [0.05, 0.1) is 0 Å². The second-order valence-corrected chi connectivity index (χ2v) is 4.12. The molecule has 74 valence electrons. The molecule has 1 unspecified atom stereocenters. The normalized spacial score (nSPS) is 14.5. The quantitative estimate of drug-likeness (QED) is 0.680. The Bertz CT molecular complexity index is 275. The van der Waals surface area contributed by atoms with E-state index in [1.807, 2.05) is 13.8 Å². The first-order valence-electron chi connectivity index (χ1n) is 4.12. The van der Waals surface area contributed by atoms with Crippen LogP contribution in [-0.2, 0) is 6.18 Å². The zero-order chi connectivity index (χ0) is 10.1. The third kappa shape index (κ3) is 2.46. The first-order valence-corrected chi connectivity index (χ1v) is 4.93. The molecule has 0 aromatic carbocycles. The molecule has 0 fully saturated rings. The largest absolute Gasteiger partial charge is 0.425 e. The number of alkyl halides is 3. The summed E-state index contributed by atoms with van der Waals surface area (Å²) in [6.45, 7) is 3.91. The van der Waals surface area contributed by atoms with Crippen molar-refractivity contribution in [2.24, 2.45) is 0 Å². The molecular weight excluding hydrogens is 197 g/mol. The van der Waals surface area contributed by atoms with Gasteiger partial charge in [-0.3, -0.25) is 0 Å². The van der Waals surface area contributed by atoms with E-state index < -0.39 is 11.1 Å². The molecule has 0 spiro atoms. The van der Waals surface area contributed by atoms with Crippen molar-refractivity contribution in [3.05, 3.63) is 21.9 Å². The van der Waals surface area contributed by atoms with Gasteiger partial charge in [0.1, 0.15) is 4.88 Å². The van der Waals surface area contributed by atoms with Crippen molar-refractivity contribution in [3.63, 3.8) is 0 Å². The highest BCUT2D eigenvalue weighted by Gasteiger charge is 2.32. The molecule has 0 N–H and O–H groups in total. The lowest BCUT2D eigenvalue weighted by Crippen LogP contribution is -2.00. The summed E-state index contributed by atoms with van der Waals surface area (Å²) < 4.78 is 36.5. The molecule has 4 heteroatoms. The van der Waals surface area contributed by atoms with Crippen molar-refractivity contribution in [1.82, 2.24) is 0 Å². The minimum absolute atomic E-state index is 0.223. The second-order valence-electron chi connectivity index (χ2n) is 3.01. The minimum Gasteiger partial charge on any atom is -0.165 e. The highest BCUT2D eigenvalue weighted by molar-refractivity contribution is 7.12. The van der Waals surface area contributed by atoms with Crippen LogP contribution in [0.1, 0.15) is 35.9 Å². The van der Waals surface area contributed by atoms with E-state index in [-0.39, 0.29) is 5.92 Å². The molecule has 0 radical (unpaired) electrons. The van der Waals surface area contributed by atoms with Crippen LogP contribution in [0.4, 0.5) is 13.2 Å². The first-order chi connectivity index (χ1) is 5.95. The van der Waals surface area contributed by atoms with Gasteiger partial charge in [0, 0.05) is 4.88 Å². The molecule has 13 heavy (non-hydrogen) atoms. The SMILES string of the molecule is CCC(C)c1ccc(C(F)(F)F)s1. The third-order valence-electron chi connectivity index (χ3n) is 2.00. The number of hydrogen-bond donors (Lipinski definition) is 0. The molecule has 0 saturated heterocycles. The van der Waals surface area contributed by atoms with Crippen molar-refractivity contribution in [3.8, 4) is 0 Å². The van der Waals surface area contributed by atoms with Crippen molar-refractivity contribution in [1.29, 1.82) is 0 Å². The topological polar surface area (TPSA) is 0 Å². The Morgan fingerprint density at radius 3 is 2.38 bits per heavy atom. The van der Waals surface area contributed by atoms with E-state index in [0.29, 0.717) is 0 Å². The van der Waals surface area contributed by atoms with E-state index >= 15 is 0 Å². The molecule has 0 amide bonds. The van der Waals surface area contributed by atoms with Crippen molar-refractivity contribution in [2.75, 3.05) is 0 Å². The Morgan fingerprint density at radius 2 is 2.00 bits per heavy atom. The summed E-state index contributed by atoms with van der Waals surface area (Å²) in [5.41, 5.74) is 0. The summed E-state index contributed by atoms with van der Waals surface area (Å²) in [6.07, 6.45) is -3.31. The van der Waals surface area contributed by atoms with Gasteiger partial charge >= 0.3 is 6.18 Å². The van der Waals surface area contributed by atoms with Crippen LogP contribution in [0, 0.1) is 0 Å². The van der Waals surface area contributed by atoms with Crippen molar-refractivity contribution in [2.45, 2.75) is 32.4 Å². The van der Waals surface area contributed by atoms with Crippen LogP contribution in [-0.4, -0.2) is 0 Å². The summed E-state index contributed by atoms with van der Waals surface area (Å²) in [7, 11) is 0. The van der Waals surface area contributed by atoms with Crippen LogP contribution in [0.15, 0.2) is 12.1 Å². The highest BCUT2D eigenvalue weighted by Crippen LogP contribution is 2.37. The third-order valence-corrected chi connectivity index (χ3v) is 3.37. The number of hydrogen-bond acceptors (Lipinski definition) is 1. The molecule has 1 atom stereocenters. The number of thiophene rings is 1. The predicted molar refractivity (Wildman–Crippen MR) is 48.0 cm³/mol. The average Bonchev–Trinajstić information content (AvgIpc) is 2.50. The van der Waals surface area contributed by atoms with Gasteiger partial charge in [-0.15, -0.1) is 11.3 Å². The fourth-order valence-electron chi connectivity index (χ4n) is 0.971. The zero-order valence-corrected chi connectivity index (χ0v) is 8.30. The predicted octanol–water partition coefficient (Wildman–Crippen LogP) is 4.28. The van der Waals surface area contributed by atoms with Crippen LogP contribution in [0.3, 0.4) is 0 Å². The van der Waals surface area contributed by atoms with Crippen molar-refractivity contribution >= 4 is 11.3 Å². The van der Waals surface area contributed by atoms with E-state index in [2.05, 4.69) is 0 Å². The van der Waals surface area contributed by atoms with Crippen LogP contribution in [0.25, 0.3) is 0 Å². The summed E-state index contributed by atoms with van der Waals surface area (Å²) in [5.74, 6) is 0.223. The standard InChI is InChI=1S/C9H11F3S/c1-3-6(2)7-4-5-8(13-7)9(10,11)12/h4-6H,3H2,1-2H3. The maximum atomic E-state index is 12.2. The lowest BCUT2D eigenvalue weighted by Gasteiger charge is -2.04.